The number of hydrogen-bond donors (Lipinski definition) is 4. The Hall–Kier alpha value is -11.7. The Morgan fingerprint density at radius 3 is 0.555 bits per heavy atom. The first-order valence-corrected chi connectivity index (χ1v) is 54.8. The van der Waals surface area contributed by atoms with Crippen LogP contribution in [-0.4, -0.2) is 15.3 Å². The van der Waals surface area contributed by atoms with Gasteiger partial charge in [0.15, 0.2) is 0 Å². The van der Waals surface area contributed by atoms with E-state index in [1.807, 2.05) is 0 Å². The molecule has 146 heavy (non-hydrogen) atoms. The summed E-state index contributed by atoms with van der Waals surface area (Å²) in [6.07, 6.45) is 19.5. The second-order valence-corrected chi connectivity index (χ2v) is 52.5. The molecule has 14 aromatic carbocycles. The van der Waals surface area contributed by atoms with Crippen molar-refractivity contribution in [1.82, 2.24) is 0 Å². The van der Waals surface area contributed by atoms with Crippen LogP contribution in [0.25, 0.3) is 0 Å². The molecule has 0 aliphatic carbocycles. The molecule has 0 radical (unpaired) electrons. The largest absolute Gasteiger partial charge is 0.507 e. The predicted molar refractivity (Wildman–Crippen MR) is 629 cm³/mol. The zero-order chi connectivity index (χ0) is 106. The number of benzene rings is 14. The number of phenols is 3. The van der Waals surface area contributed by atoms with Gasteiger partial charge >= 0.3 is 0 Å². The van der Waals surface area contributed by atoms with Gasteiger partial charge in [-0.05, 0) is 370 Å². The average Bonchev–Trinajstić information content (AvgIpc) is 0.751. The molecule has 14 rings (SSSR count). The number of anilines is 2. The van der Waals surface area contributed by atoms with Crippen molar-refractivity contribution < 1.29 is 15.3 Å². The van der Waals surface area contributed by atoms with Gasteiger partial charge < -0.3 is 20.6 Å². The Morgan fingerprint density at radius 1 is 0.192 bits per heavy atom. The maximum atomic E-state index is 11.1. The number of hydrogen-bond acceptors (Lipinski definition) is 4. The van der Waals surface area contributed by atoms with E-state index in [1.165, 1.54) is 147 Å². The summed E-state index contributed by atoms with van der Waals surface area (Å²) in [5.41, 5.74) is 40.1. The van der Waals surface area contributed by atoms with Crippen molar-refractivity contribution >= 4 is 11.4 Å². The van der Waals surface area contributed by atoms with Crippen LogP contribution >= 0.6 is 0 Å². The van der Waals surface area contributed by atoms with Crippen molar-refractivity contribution in [2.75, 3.05) is 5.32 Å². The van der Waals surface area contributed by atoms with E-state index >= 15 is 0 Å². The molecule has 0 aliphatic rings. The predicted octanol–water partition coefficient (Wildman–Crippen LogP) is 37.1. The average molecular weight is 1950 g/mol. The monoisotopic (exact) mass is 1950 g/mol. The Bertz CT molecular complexity index is 6360. The lowest BCUT2D eigenvalue weighted by Gasteiger charge is -2.28. The molecule has 4 N–H and O–H groups in total. The number of nitrogens with one attached hydrogen (secondary N) is 1. The Labute approximate surface area is 884 Å². The second-order valence-electron chi connectivity index (χ2n) is 52.5. The van der Waals surface area contributed by atoms with Crippen molar-refractivity contribution in [3.05, 3.63) is 465 Å². The highest BCUT2D eigenvalue weighted by molar-refractivity contribution is 5.61. The molecule has 0 heterocycles. The van der Waals surface area contributed by atoms with Crippen LogP contribution in [0.1, 0.15) is 368 Å². The smallest absolute Gasteiger partial charge is 0.123 e. The molecule has 0 bridgehead atoms. The SMILES string of the molecule is CC(Cc1ccc(Cc2ccc(Cc3ccc(Cc4ccc(CCc5cc(C(C)(C)C)c(O)c(C(C)(C)C)c5)cc4)cc3)cc2)cc1)CC(C)(C)C.CC(Cc1ccc(Nc2ccc(Cc3ccc(CCc4cc(C(C)(C)C)c(O)c(C(C)(C)C)c4)cc3)cc2)cc1)CC(C)(C)C.Cc1cc(CCc2ccc(Cc3ccc(Cc4ccc(Cc5ccc(CC(C)CC(C)(C)C)cc5)cc4)cc3)cc2)c(O)c(C(C)(C)C)c1. The van der Waals surface area contributed by atoms with Crippen molar-refractivity contribution in [3.8, 4) is 17.2 Å². The van der Waals surface area contributed by atoms with Crippen LogP contribution in [0, 0.1) is 40.9 Å². The first-order valence-electron chi connectivity index (χ1n) is 54.8. The van der Waals surface area contributed by atoms with Gasteiger partial charge in [-0.1, -0.05) is 472 Å². The zero-order valence-electron chi connectivity index (χ0n) is 94.9. The molecule has 0 fully saturated rings. The molecule has 14 aromatic rings. The lowest BCUT2D eigenvalue weighted by molar-refractivity contribution is 0.306. The van der Waals surface area contributed by atoms with E-state index in [4.69, 9.17) is 0 Å². The van der Waals surface area contributed by atoms with E-state index in [2.05, 4.69) is 502 Å². The molecule has 0 saturated carbocycles. The zero-order valence-corrected chi connectivity index (χ0v) is 94.9. The maximum absolute atomic E-state index is 11.1. The summed E-state index contributed by atoms with van der Waals surface area (Å²) >= 11 is 0. The third-order valence-corrected chi connectivity index (χ3v) is 28.7. The van der Waals surface area contributed by atoms with Crippen molar-refractivity contribution in [3.63, 3.8) is 0 Å². The van der Waals surface area contributed by atoms with Crippen molar-refractivity contribution in [2.24, 2.45) is 34.0 Å². The van der Waals surface area contributed by atoms with E-state index in [1.54, 1.807) is 0 Å². The first kappa shape index (κ1) is 113. The van der Waals surface area contributed by atoms with Gasteiger partial charge in [-0.3, -0.25) is 0 Å². The first-order chi connectivity index (χ1) is 68.6. The van der Waals surface area contributed by atoms with Crippen molar-refractivity contribution in [2.45, 2.75) is 343 Å². The molecule has 0 amide bonds. The highest BCUT2D eigenvalue weighted by Crippen LogP contribution is 2.44. The van der Waals surface area contributed by atoms with Gasteiger partial charge in [-0.2, -0.15) is 0 Å². The van der Waals surface area contributed by atoms with E-state index < -0.39 is 0 Å². The summed E-state index contributed by atoms with van der Waals surface area (Å²) in [6.45, 7) is 62.8. The van der Waals surface area contributed by atoms with Gasteiger partial charge in [0.05, 0.1) is 0 Å². The normalized spacial score (nSPS) is 12.9. The third-order valence-electron chi connectivity index (χ3n) is 28.7. The lowest BCUT2D eigenvalue weighted by Crippen LogP contribution is -2.18. The summed E-state index contributed by atoms with van der Waals surface area (Å²) in [4.78, 5) is 0. The van der Waals surface area contributed by atoms with Gasteiger partial charge in [0.1, 0.15) is 17.2 Å². The molecule has 0 saturated heterocycles. The summed E-state index contributed by atoms with van der Waals surface area (Å²) in [5, 5.41) is 36.7. The molecule has 3 unspecified atom stereocenters. The van der Waals surface area contributed by atoms with E-state index in [0.29, 0.717) is 51.2 Å². The topological polar surface area (TPSA) is 72.7 Å². The minimum atomic E-state index is -0.107. The fourth-order valence-electron chi connectivity index (χ4n) is 21.4. The fraction of sp³-hybridized carbons (Fsp3) is 0.408. The van der Waals surface area contributed by atoms with E-state index in [-0.39, 0.29) is 27.1 Å². The molecule has 770 valence electrons. The minimum absolute atomic E-state index is 0.0742. The molecule has 0 aromatic heterocycles. The highest BCUT2D eigenvalue weighted by atomic mass is 16.3. The van der Waals surface area contributed by atoms with Crippen LogP contribution in [0.4, 0.5) is 11.4 Å². The second kappa shape index (κ2) is 49.4. The van der Waals surface area contributed by atoms with E-state index in [0.717, 1.165) is 147 Å². The van der Waals surface area contributed by atoms with Gasteiger partial charge in [0.25, 0.3) is 0 Å². The number of phenolic OH excluding ortho intramolecular Hbond substituents is 3. The minimum Gasteiger partial charge on any atom is -0.507 e. The molecule has 0 aliphatic heterocycles. The molecular weight excluding hydrogens is 1770 g/mol. The Balaban J connectivity index is 0.000000195. The molecule has 3 atom stereocenters. The summed E-state index contributed by atoms with van der Waals surface area (Å²) in [6, 6.07) is 113. The Morgan fingerprint density at radius 2 is 0.356 bits per heavy atom. The summed E-state index contributed by atoms with van der Waals surface area (Å²) < 4.78 is 0. The number of aryl methyl sites for hydroxylation is 7. The van der Waals surface area contributed by atoms with Crippen LogP contribution in [0.3, 0.4) is 0 Å². The van der Waals surface area contributed by atoms with Crippen LogP contribution in [-0.2, 0) is 130 Å². The van der Waals surface area contributed by atoms with Crippen LogP contribution < -0.4 is 5.32 Å². The van der Waals surface area contributed by atoms with Crippen LogP contribution in [0.15, 0.2) is 303 Å². The van der Waals surface area contributed by atoms with Gasteiger partial charge in [-0.25, -0.2) is 0 Å². The highest BCUT2D eigenvalue weighted by Gasteiger charge is 2.30. The maximum Gasteiger partial charge on any atom is 0.123 e. The molecular formula is C142H179NO3. The fourth-order valence-corrected chi connectivity index (χ4v) is 21.4. The van der Waals surface area contributed by atoms with Crippen LogP contribution in [0.5, 0.6) is 17.2 Å². The van der Waals surface area contributed by atoms with Crippen molar-refractivity contribution in [1.29, 1.82) is 0 Å². The summed E-state index contributed by atoms with van der Waals surface area (Å²) in [5.74, 6) is 3.46. The number of rotatable bonds is 34. The molecule has 4 nitrogen and oxygen atoms in total. The molecule has 0 spiro atoms. The quantitative estimate of drug-likeness (QED) is 0.0324. The van der Waals surface area contributed by atoms with Crippen LogP contribution in [0.2, 0.25) is 0 Å². The standard InChI is InChI=1S/C51H64O.C48H58O.C43H57NO/c1-36(35-49(2,3)4)29-38-16-18-40(19-17-38)31-42-24-26-44(27-25-42)32-43-22-20-41(21-23-43)30-39-14-11-37(12-15-39)13-28-45-33-46(50(5,6)7)48(52)47(34-45)51(8,9)10;1-34-28-44(46(49)45(29-34)48(6,7)8)26-25-36-9-11-38(12-10-36)30-40-17-19-42(20-18-40)32-43-23-21-41(22-24-43)31-39-15-13-37(14-16-39)27-35(2)33-47(3,4)5;1-30(29-41(2,3)4)25-32-17-21-36(22-18-32)44-37-23-19-34(20-24-37)26-33-14-11-31(12-15-33)13-16-35-27-38(42(5,6)7)40(45)39(28-35)43(8,9)10/h11-12,14-27,33-34,36,52H,13,28-32,35H2,1-10H3;9-24,28-29,35,49H,25-27,30-33H2,1-8H3;11-12,14-15,17-24,27-28,30,44-45H,13,16,25-26,29H2,1-10H3. The van der Waals surface area contributed by atoms with Gasteiger partial charge in [0, 0.05) is 11.4 Å². The summed E-state index contributed by atoms with van der Waals surface area (Å²) in [7, 11) is 0. The molecule has 4 heteroatoms. The third kappa shape index (κ3) is 36.4. The lowest BCUT2D eigenvalue weighted by atomic mass is 9.78. The van der Waals surface area contributed by atoms with E-state index in [9.17, 15) is 15.3 Å². The Kier molecular flexibility index (Phi) is 38.2. The number of aromatic hydroxyl groups is 3. The van der Waals surface area contributed by atoms with Gasteiger partial charge in [0.2, 0.25) is 0 Å². The van der Waals surface area contributed by atoms with Gasteiger partial charge in [-0.15, -0.1) is 0 Å².